The Hall–Kier alpha value is -3.18. The average Bonchev–Trinajstić information content (AvgIpc) is 3.13. The number of carbonyl (C=O) groups is 3. The van der Waals surface area contributed by atoms with Crippen LogP contribution in [-0.4, -0.2) is 29.9 Å². The molecule has 0 saturated heterocycles. The van der Waals surface area contributed by atoms with E-state index in [0.29, 0.717) is 10.6 Å². The number of esters is 1. The summed E-state index contributed by atoms with van der Waals surface area (Å²) in [7, 11) is 0. The van der Waals surface area contributed by atoms with E-state index in [9.17, 15) is 14.4 Å². The number of rotatable bonds is 8. The zero-order valence-electron chi connectivity index (χ0n) is 16.5. The van der Waals surface area contributed by atoms with Gasteiger partial charge >= 0.3 is 5.97 Å². The normalized spacial score (nSPS) is 12.5. The van der Waals surface area contributed by atoms with Crippen molar-refractivity contribution in [3.8, 4) is 6.07 Å². The predicted octanol–water partition coefficient (Wildman–Crippen LogP) is 2.87. The molecule has 0 aliphatic heterocycles. The number of nitrogens with zero attached hydrogens (tertiary/aromatic N) is 1. The zero-order valence-corrected chi connectivity index (χ0v) is 17.3. The number of anilines is 1. The molecule has 152 valence electrons. The lowest BCUT2D eigenvalue weighted by Gasteiger charge is -2.23. The Morgan fingerprint density at radius 2 is 1.83 bits per heavy atom. The highest BCUT2D eigenvalue weighted by Crippen LogP contribution is 2.22. The number of benzene rings is 1. The van der Waals surface area contributed by atoms with Crippen LogP contribution < -0.4 is 10.6 Å². The van der Waals surface area contributed by atoms with Gasteiger partial charge in [-0.15, -0.1) is 11.3 Å². The Bertz CT molecular complexity index is 902. The summed E-state index contributed by atoms with van der Waals surface area (Å²) in [4.78, 5) is 37.1. The van der Waals surface area contributed by atoms with Crippen molar-refractivity contribution in [1.29, 1.82) is 5.26 Å². The summed E-state index contributed by atoms with van der Waals surface area (Å²) in [5.74, 6) is -1.76. The standard InChI is InChI=1S/C21H23N3O4S/c1-13(2)18(23-17(25)11-15-7-5-4-6-8-15)21(27)28-14(3)19(26)24-20-16(12-22)9-10-29-20/h4-10,13-14,18H,11H2,1-3H3,(H,23,25)(H,24,26)/t14-,18-/m0/s1. The molecule has 0 radical (unpaired) electrons. The lowest BCUT2D eigenvalue weighted by molar-refractivity contribution is -0.157. The zero-order chi connectivity index (χ0) is 21.4. The molecule has 2 N–H and O–H groups in total. The van der Waals surface area contributed by atoms with Crippen LogP contribution in [0.5, 0.6) is 0 Å². The van der Waals surface area contributed by atoms with Crippen LogP contribution in [0.3, 0.4) is 0 Å². The molecule has 1 aromatic heterocycles. The fraction of sp³-hybridized carbons (Fsp3) is 0.333. The number of nitrogens with one attached hydrogen (secondary N) is 2. The Morgan fingerprint density at radius 1 is 1.14 bits per heavy atom. The van der Waals surface area contributed by atoms with E-state index in [1.807, 2.05) is 36.4 Å². The molecular formula is C21H23N3O4S. The minimum absolute atomic E-state index is 0.142. The summed E-state index contributed by atoms with van der Waals surface area (Å²) in [6.07, 6.45) is -0.939. The maximum absolute atomic E-state index is 12.5. The van der Waals surface area contributed by atoms with Crippen molar-refractivity contribution in [3.63, 3.8) is 0 Å². The van der Waals surface area contributed by atoms with Crippen LogP contribution in [0.4, 0.5) is 5.00 Å². The van der Waals surface area contributed by atoms with Crippen LogP contribution in [0, 0.1) is 17.2 Å². The van der Waals surface area contributed by atoms with E-state index in [1.54, 1.807) is 25.3 Å². The van der Waals surface area contributed by atoms with Crippen molar-refractivity contribution in [2.45, 2.75) is 39.3 Å². The number of thiophene rings is 1. The lowest BCUT2D eigenvalue weighted by atomic mass is 10.0. The molecule has 0 unspecified atom stereocenters. The van der Waals surface area contributed by atoms with Gasteiger partial charge in [0.1, 0.15) is 17.1 Å². The molecule has 2 rings (SSSR count). The molecule has 0 bridgehead atoms. The number of hydrogen-bond acceptors (Lipinski definition) is 6. The topological polar surface area (TPSA) is 108 Å². The third-order valence-corrected chi connectivity index (χ3v) is 4.96. The summed E-state index contributed by atoms with van der Waals surface area (Å²) < 4.78 is 5.27. The number of nitriles is 1. The van der Waals surface area contributed by atoms with E-state index in [1.165, 1.54) is 18.3 Å². The Morgan fingerprint density at radius 3 is 2.45 bits per heavy atom. The number of hydrogen-bond donors (Lipinski definition) is 2. The van der Waals surface area contributed by atoms with Crippen molar-refractivity contribution >= 4 is 34.1 Å². The van der Waals surface area contributed by atoms with Gasteiger partial charge in [-0.3, -0.25) is 9.59 Å². The Kier molecular flexibility index (Phi) is 7.92. The molecule has 0 saturated carbocycles. The first kappa shape index (κ1) is 22.1. The van der Waals surface area contributed by atoms with Crippen LogP contribution in [-0.2, 0) is 25.5 Å². The highest BCUT2D eigenvalue weighted by molar-refractivity contribution is 7.14. The number of ether oxygens (including phenoxy) is 1. The van der Waals surface area contributed by atoms with Crippen LogP contribution in [0.2, 0.25) is 0 Å². The molecule has 2 atom stereocenters. The first-order valence-corrected chi connectivity index (χ1v) is 10.0. The summed E-state index contributed by atoms with van der Waals surface area (Å²) in [6, 6.07) is 11.9. The highest BCUT2D eigenvalue weighted by Gasteiger charge is 2.29. The third kappa shape index (κ3) is 6.43. The minimum Gasteiger partial charge on any atom is -0.451 e. The molecule has 8 heteroatoms. The summed E-state index contributed by atoms with van der Waals surface area (Å²) in [5, 5.41) is 16.4. The Labute approximate surface area is 173 Å². The smallest absolute Gasteiger partial charge is 0.329 e. The lowest BCUT2D eigenvalue weighted by Crippen LogP contribution is -2.47. The summed E-state index contributed by atoms with van der Waals surface area (Å²) in [6.45, 7) is 5.00. The van der Waals surface area contributed by atoms with E-state index in [2.05, 4.69) is 10.6 Å². The van der Waals surface area contributed by atoms with Gasteiger partial charge in [-0.1, -0.05) is 44.2 Å². The highest BCUT2D eigenvalue weighted by atomic mass is 32.1. The quantitative estimate of drug-likeness (QED) is 0.647. The fourth-order valence-electron chi connectivity index (χ4n) is 2.51. The molecule has 0 spiro atoms. The first-order valence-electron chi connectivity index (χ1n) is 9.14. The van der Waals surface area contributed by atoms with Crippen molar-refractivity contribution in [3.05, 3.63) is 52.9 Å². The van der Waals surface area contributed by atoms with Crippen LogP contribution in [0.1, 0.15) is 31.9 Å². The van der Waals surface area contributed by atoms with Crippen LogP contribution in [0.25, 0.3) is 0 Å². The maximum Gasteiger partial charge on any atom is 0.329 e. The van der Waals surface area contributed by atoms with Crippen LogP contribution >= 0.6 is 11.3 Å². The van der Waals surface area contributed by atoms with Gasteiger partial charge in [0.05, 0.1) is 12.0 Å². The van der Waals surface area contributed by atoms with Gasteiger partial charge in [0.25, 0.3) is 5.91 Å². The molecule has 7 nitrogen and oxygen atoms in total. The van der Waals surface area contributed by atoms with Gasteiger partial charge in [-0.05, 0) is 29.9 Å². The second-order valence-corrected chi connectivity index (χ2v) is 7.71. The molecule has 2 amide bonds. The third-order valence-electron chi connectivity index (χ3n) is 4.13. The molecule has 1 aromatic carbocycles. The van der Waals surface area contributed by atoms with E-state index in [-0.39, 0.29) is 18.2 Å². The van der Waals surface area contributed by atoms with E-state index < -0.39 is 24.0 Å². The average molecular weight is 413 g/mol. The Balaban J connectivity index is 1.95. The van der Waals surface area contributed by atoms with Crippen molar-refractivity contribution in [2.24, 2.45) is 5.92 Å². The van der Waals surface area contributed by atoms with Crippen molar-refractivity contribution in [2.75, 3.05) is 5.32 Å². The SMILES string of the molecule is CC(C)[C@H](NC(=O)Cc1ccccc1)C(=O)O[C@@H](C)C(=O)Nc1sccc1C#N. The predicted molar refractivity (Wildman–Crippen MR) is 110 cm³/mol. The molecular weight excluding hydrogens is 390 g/mol. The maximum atomic E-state index is 12.5. The van der Waals surface area contributed by atoms with Gasteiger partial charge in [0.15, 0.2) is 6.10 Å². The molecule has 0 aliphatic rings. The minimum atomic E-state index is -1.08. The number of amides is 2. The van der Waals surface area contributed by atoms with E-state index in [0.717, 1.165) is 5.56 Å². The second-order valence-electron chi connectivity index (χ2n) is 6.80. The largest absolute Gasteiger partial charge is 0.451 e. The molecule has 29 heavy (non-hydrogen) atoms. The van der Waals surface area contributed by atoms with Crippen LogP contribution in [0.15, 0.2) is 41.8 Å². The van der Waals surface area contributed by atoms with Gasteiger partial charge in [-0.2, -0.15) is 5.26 Å². The number of carbonyl (C=O) groups excluding carboxylic acids is 3. The first-order chi connectivity index (χ1) is 13.8. The molecule has 0 aliphatic carbocycles. The summed E-state index contributed by atoms with van der Waals surface area (Å²) >= 11 is 1.21. The van der Waals surface area contributed by atoms with Gasteiger partial charge in [0.2, 0.25) is 5.91 Å². The van der Waals surface area contributed by atoms with E-state index in [4.69, 9.17) is 10.00 Å². The molecule has 1 heterocycles. The fourth-order valence-corrected chi connectivity index (χ4v) is 3.25. The summed E-state index contributed by atoms with van der Waals surface area (Å²) in [5.41, 5.74) is 1.17. The molecule has 2 aromatic rings. The van der Waals surface area contributed by atoms with Gasteiger partial charge in [0, 0.05) is 0 Å². The van der Waals surface area contributed by atoms with Gasteiger partial charge in [-0.25, -0.2) is 4.79 Å². The van der Waals surface area contributed by atoms with Gasteiger partial charge < -0.3 is 15.4 Å². The monoisotopic (exact) mass is 413 g/mol. The van der Waals surface area contributed by atoms with Crippen molar-refractivity contribution < 1.29 is 19.1 Å². The van der Waals surface area contributed by atoms with E-state index >= 15 is 0 Å². The molecule has 0 fully saturated rings. The second kappa shape index (κ2) is 10.4. The van der Waals surface area contributed by atoms with Crippen molar-refractivity contribution in [1.82, 2.24) is 5.32 Å².